The predicted molar refractivity (Wildman–Crippen MR) is 167 cm³/mol. The molecule has 0 atom stereocenters. The first-order valence-electron chi connectivity index (χ1n) is 11.9. The lowest BCUT2D eigenvalue weighted by Crippen LogP contribution is -2.30. The van der Waals surface area contributed by atoms with E-state index in [0.717, 1.165) is 14.9 Å². The van der Waals surface area contributed by atoms with Crippen LogP contribution in [0.15, 0.2) is 112 Å². The molecule has 10 heteroatoms. The highest BCUT2D eigenvalue weighted by atomic mass is 79.9. The van der Waals surface area contributed by atoms with Crippen LogP contribution in [0.5, 0.6) is 0 Å². The molecule has 0 aliphatic carbocycles. The summed E-state index contributed by atoms with van der Waals surface area (Å²) in [5.74, 6) is -0.935. The third-order valence-corrected chi connectivity index (χ3v) is 7.49. The first kappa shape index (κ1) is 29.4. The van der Waals surface area contributed by atoms with Gasteiger partial charge in [0.05, 0.1) is 16.5 Å². The molecular formula is C30H22BrCl2N3O3S. The van der Waals surface area contributed by atoms with Crippen LogP contribution in [-0.4, -0.2) is 23.5 Å². The lowest BCUT2D eigenvalue weighted by atomic mass is 10.1. The highest BCUT2D eigenvalue weighted by Crippen LogP contribution is 2.26. The SMILES string of the molecule is O=C(CSc1ccc(NC(=O)/C(=C/c2ccc(Br)cc2)NC(=O)c2ccccc2)cc1)Nc1ccc(Cl)cc1Cl. The number of carbonyl (C=O) groups excluding carboxylic acids is 3. The maximum absolute atomic E-state index is 13.2. The maximum atomic E-state index is 13.2. The molecular weight excluding hydrogens is 633 g/mol. The molecule has 3 N–H and O–H groups in total. The van der Waals surface area contributed by atoms with Crippen molar-refractivity contribution in [3.05, 3.63) is 128 Å². The van der Waals surface area contributed by atoms with Crippen molar-refractivity contribution in [1.82, 2.24) is 5.32 Å². The molecule has 4 rings (SSSR count). The molecule has 0 heterocycles. The Kier molecular flexibility index (Phi) is 10.4. The number of hydrogen-bond donors (Lipinski definition) is 3. The summed E-state index contributed by atoms with van der Waals surface area (Å²) in [5.41, 5.74) is 2.28. The van der Waals surface area contributed by atoms with E-state index < -0.39 is 11.8 Å². The summed E-state index contributed by atoms with van der Waals surface area (Å²) in [5, 5.41) is 9.14. The summed E-state index contributed by atoms with van der Waals surface area (Å²) in [6, 6.07) is 27.9. The van der Waals surface area contributed by atoms with Gasteiger partial charge in [0.15, 0.2) is 0 Å². The van der Waals surface area contributed by atoms with Crippen LogP contribution in [0.25, 0.3) is 6.08 Å². The molecule has 0 aromatic heterocycles. The predicted octanol–water partition coefficient (Wildman–Crippen LogP) is 7.90. The lowest BCUT2D eigenvalue weighted by Gasteiger charge is -2.12. The van der Waals surface area contributed by atoms with Crippen molar-refractivity contribution in [1.29, 1.82) is 0 Å². The van der Waals surface area contributed by atoms with Gasteiger partial charge in [0.2, 0.25) is 5.91 Å². The number of thioether (sulfide) groups is 1. The third-order valence-electron chi connectivity index (χ3n) is 5.40. The molecule has 202 valence electrons. The smallest absolute Gasteiger partial charge is 0.272 e. The lowest BCUT2D eigenvalue weighted by molar-refractivity contribution is -0.114. The second kappa shape index (κ2) is 14.2. The van der Waals surface area contributed by atoms with E-state index in [-0.39, 0.29) is 17.4 Å². The van der Waals surface area contributed by atoms with Crippen LogP contribution in [0.1, 0.15) is 15.9 Å². The van der Waals surface area contributed by atoms with Gasteiger partial charge >= 0.3 is 0 Å². The third kappa shape index (κ3) is 8.72. The van der Waals surface area contributed by atoms with Crippen molar-refractivity contribution >= 4 is 86.1 Å². The number of anilines is 2. The Balaban J connectivity index is 1.40. The highest BCUT2D eigenvalue weighted by molar-refractivity contribution is 9.10. The Morgan fingerprint density at radius 2 is 1.52 bits per heavy atom. The van der Waals surface area contributed by atoms with Gasteiger partial charge in [0, 0.05) is 25.6 Å². The van der Waals surface area contributed by atoms with Gasteiger partial charge < -0.3 is 16.0 Å². The van der Waals surface area contributed by atoms with Gasteiger partial charge in [-0.3, -0.25) is 14.4 Å². The Morgan fingerprint density at radius 1 is 0.825 bits per heavy atom. The minimum absolute atomic E-state index is 0.0900. The first-order valence-corrected chi connectivity index (χ1v) is 14.4. The van der Waals surface area contributed by atoms with Gasteiger partial charge in [-0.15, -0.1) is 11.8 Å². The standard InChI is InChI=1S/C30H22BrCl2N3O3S/c31-21-8-6-19(7-9-21)16-27(36-29(38)20-4-2-1-3-5-20)30(39)34-23-11-13-24(14-12-23)40-18-28(37)35-26-15-10-22(32)17-25(26)33/h1-17H,18H2,(H,34,39)(H,35,37)(H,36,38)/b27-16-. The Hall–Kier alpha value is -3.56. The number of nitrogens with one attached hydrogen (secondary N) is 3. The average molecular weight is 655 g/mol. The summed E-state index contributed by atoms with van der Waals surface area (Å²) >= 11 is 16.7. The second-order valence-electron chi connectivity index (χ2n) is 8.37. The molecule has 6 nitrogen and oxygen atoms in total. The van der Waals surface area contributed by atoms with Crippen LogP contribution < -0.4 is 16.0 Å². The number of amides is 3. The van der Waals surface area contributed by atoms with Gasteiger partial charge in [0.1, 0.15) is 5.70 Å². The molecule has 4 aromatic carbocycles. The van der Waals surface area contributed by atoms with Crippen LogP contribution in [-0.2, 0) is 9.59 Å². The van der Waals surface area contributed by atoms with E-state index in [0.29, 0.717) is 27.0 Å². The highest BCUT2D eigenvalue weighted by Gasteiger charge is 2.15. The van der Waals surface area contributed by atoms with Crippen molar-refractivity contribution in [3.8, 4) is 0 Å². The van der Waals surface area contributed by atoms with Crippen molar-refractivity contribution in [2.75, 3.05) is 16.4 Å². The molecule has 0 unspecified atom stereocenters. The minimum atomic E-state index is -0.480. The van der Waals surface area contributed by atoms with Gasteiger partial charge in [-0.05, 0) is 78.4 Å². The number of hydrogen-bond acceptors (Lipinski definition) is 4. The molecule has 0 radical (unpaired) electrons. The Labute approximate surface area is 254 Å². The quantitative estimate of drug-likeness (QED) is 0.127. The van der Waals surface area contributed by atoms with Crippen LogP contribution in [0.4, 0.5) is 11.4 Å². The van der Waals surface area contributed by atoms with E-state index in [1.54, 1.807) is 72.8 Å². The summed E-state index contributed by atoms with van der Waals surface area (Å²) < 4.78 is 0.896. The average Bonchev–Trinajstić information content (AvgIpc) is 2.95. The summed E-state index contributed by atoms with van der Waals surface area (Å²) in [7, 11) is 0. The number of carbonyl (C=O) groups is 3. The second-order valence-corrected chi connectivity index (χ2v) is 11.2. The summed E-state index contributed by atoms with van der Waals surface area (Å²) in [4.78, 5) is 39.2. The van der Waals surface area contributed by atoms with Crippen molar-refractivity contribution < 1.29 is 14.4 Å². The van der Waals surface area contributed by atoms with Gasteiger partial charge in [-0.25, -0.2) is 0 Å². The topological polar surface area (TPSA) is 87.3 Å². The van der Waals surface area contributed by atoms with Crippen LogP contribution in [0.3, 0.4) is 0 Å². The Morgan fingerprint density at radius 3 is 2.20 bits per heavy atom. The van der Waals surface area contributed by atoms with E-state index in [4.69, 9.17) is 23.2 Å². The van der Waals surface area contributed by atoms with Crippen molar-refractivity contribution in [2.45, 2.75) is 4.90 Å². The molecule has 0 fully saturated rings. The zero-order valence-electron chi connectivity index (χ0n) is 20.8. The summed E-state index contributed by atoms with van der Waals surface area (Å²) in [6.45, 7) is 0. The zero-order valence-corrected chi connectivity index (χ0v) is 24.7. The van der Waals surface area contributed by atoms with Gasteiger partial charge in [-0.2, -0.15) is 0 Å². The maximum Gasteiger partial charge on any atom is 0.272 e. The number of halogens is 3. The van der Waals surface area contributed by atoms with E-state index in [2.05, 4.69) is 31.9 Å². The van der Waals surface area contributed by atoms with Crippen molar-refractivity contribution in [2.24, 2.45) is 0 Å². The molecule has 3 amide bonds. The minimum Gasteiger partial charge on any atom is -0.324 e. The largest absolute Gasteiger partial charge is 0.324 e. The molecule has 0 aliphatic rings. The fourth-order valence-corrected chi connectivity index (χ4v) is 4.85. The molecule has 0 saturated heterocycles. The fraction of sp³-hybridized carbons (Fsp3) is 0.0333. The first-order chi connectivity index (χ1) is 19.3. The molecule has 40 heavy (non-hydrogen) atoms. The molecule has 4 aromatic rings. The molecule has 0 saturated carbocycles. The van der Waals surface area contributed by atoms with Crippen LogP contribution in [0.2, 0.25) is 10.0 Å². The monoisotopic (exact) mass is 653 g/mol. The number of rotatable bonds is 9. The zero-order chi connectivity index (χ0) is 28.5. The van der Waals surface area contributed by atoms with E-state index in [1.165, 1.54) is 11.8 Å². The van der Waals surface area contributed by atoms with Crippen molar-refractivity contribution in [3.63, 3.8) is 0 Å². The van der Waals surface area contributed by atoms with Gasteiger partial charge in [-0.1, -0.05) is 69.5 Å². The van der Waals surface area contributed by atoms with Crippen LogP contribution in [0, 0.1) is 0 Å². The Bertz CT molecular complexity index is 1550. The molecule has 0 spiro atoms. The molecule has 0 bridgehead atoms. The van der Waals surface area contributed by atoms with Crippen LogP contribution >= 0.6 is 50.9 Å². The number of benzene rings is 4. The normalized spacial score (nSPS) is 11.0. The summed E-state index contributed by atoms with van der Waals surface area (Å²) in [6.07, 6.45) is 1.61. The molecule has 0 aliphatic heterocycles. The van der Waals surface area contributed by atoms with E-state index >= 15 is 0 Å². The van der Waals surface area contributed by atoms with Gasteiger partial charge in [0.25, 0.3) is 11.8 Å². The fourth-order valence-electron chi connectivity index (χ4n) is 3.43. The van der Waals surface area contributed by atoms with E-state index in [9.17, 15) is 14.4 Å². The van der Waals surface area contributed by atoms with E-state index in [1.807, 2.05) is 30.3 Å².